The lowest BCUT2D eigenvalue weighted by molar-refractivity contribution is 0.170. The van der Waals surface area contributed by atoms with Crippen LogP contribution in [0.25, 0.3) is 0 Å². The van der Waals surface area contributed by atoms with Gasteiger partial charge in [0.15, 0.2) is 9.92 Å². The first-order chi connectivity index (χ1) is 14.3. The fourth-order valence-electron chi connectivity index (χ4n) is 4.67. The van der Waals surface area contributed by atoms with E-state index in [1.54, 1.807) is 4.68 Å². The molecule has 5 rings (SSSR count). The Morgan fingerprint density at radius 2 is 2.17 bits per heavy atom. The van der Waals surface area contributed by atoms with Crippen molar-refractivity contribution >= 4 is 21.6 Å². The number of anilines is 1. The standard InChI is InChI=1S/C20H24FN5O3S/c1-11-9-26-19(29-10-11)17(8-23-26)30(22,28)25-20(27)24-18-15-4-2-3-12(15)5-13-6-14(21)7-16(13)18/h5,8,11,14H,2-4,6-7,9-10H2,1H3,(H3,22,24,25,27,28)/t11-,14+,30-/m0/s1. The highest BCUT2D eigenvalue weighted by Crippen LogP contribution is 2.39. The molecule has 3 N–H and O–H groups in total. The highest BCUT2D eigenvalue weighted by Gasteiger charge is 2.31. The number of aromatic nitrogens is 2. The van der Waals surface area contributed by atoms with Crippen molar-refractivity contribution in [3.63, 3.8) is 0 Å². The van der Waals surface area contributed by atoms with Crippen LogP contribution in [0.15, 0.2) is 17.2 Å². The van der Waals surface area contributed by atoms with Gasteiger partial charge in [0.05, 0.1) is 19.3 Å². The smallest absolute Gasteiger partial charge is 0.331 e. The minimum Gasteiger partial charge on any atom is -0.477 e. The third-order valence-electron chi connectivity index (χ3n) is 6.00. The first-order valence-corrected chi connectivity index (χ1v) is 11.7. The number of rotatable bonds is 3. The van der Waals surface area contributed by atoms with Crippen LogP contribution in [0.3, 0.4) is 0 Å². The van der Waals surface area contributed by atoms with E-state index in [2.05, 4.69) is 21.2 Å². The van der Waals surface area contributed by atoms with Crippen molar-refractivity contribution in [1.29, 1.82) is 4.78 Å². The first kappa shape index (κ1) is 19.3. The molecular formula is C20H24FN5O3S. The molecule has 2 aliphatic carbocycles. The van der Waals surface area contributed by atoms with E-state index in [-0.39, 0.29) is 23.1 Å². The van der Waals surface area contributed by atoms with E-state index in [9.17, 15) is 13.4 Å². The second-order valence-electron chi connectivity index (χ2n) is 8.41. The number of carbonyl (C=O) groups excluding carboxylic acids is 1. The van der Waals surface area contributed by atoms with Crippen LogP contribution < -0.4 is 14.8 Å². The summed E-state index contributed by atoms with van der Waals surface area (Å²) in [5.74, 6) is 0.514. The molecule has 0 saturated carbocycles. The Kier molecular flexibility index (Phi) is 4.49. The van der Waals surface area contributed by atoms with Gasteiger partial charge in [-0.2, -0.15) is 5.10 Å². The number of alkyl halides is 1. The van der Waals surface area contributed by atoms with E-state index < -0.39 is 22.1 Å². The third-order valence-corrected chi connectivity index (χ3v) is 7.37. The van der Waals surface area contributed by atoms with Crippen molar-refractivity contribution < 1.29 is 18.1 Å². The lowest BCUT2D eigenvalue weighted by atomic mass is 9.99. The lowest BCUT2D eigenvalue weighted by Crippen LogP contribution is -2.34. The van der Waals surface area contributed by atoms with E-state index in [1.165, 1.54) is 6.20 Å². The minimum absolute atomic E-state index is 0.0527. The number of nitrogens with one attached hydrogen (secondary N) is 3. The summed E-state index contributed by atoms with van der Waals surface area (Å²) in [5, 5.41) is 6.93. The van der Waals surface area contributed by atoms with Gasteiger partial charge in [0, 0.05) is 24.4 Å². The molecule has 1 aliphatic heterocycles. The first-order valence-electron chi connectivity index (χ1n) is 10.2. The summed E-state index contributed by atoms with van der Waals surface area (Å²) in [6, 6.07) is 1.31. The number of aryl methyl sites for hydroxylation is 1. The van der Waals surface area contributed by atoms with Gasteiger partial charge in [-0.25, -0.2) is 27.6 Å². The molecule has 0 unspecified atom stereocenters. The Hall–Kier alpha value is -2.62. The number of benzene rings is 1. The molecule has 2 aromatic rings. The van der Waals surface area contributed by atoms with Gasteiger partial charge in [0.2, 0.25) is 5.88 Å². The fourth-order valence-corrected chi connectivity index (χ4v) is 5.70. The third kappa shape index (κ3) is 3.23. The van der Waals surface area contributed by atoms with Crippen LogP contribution in [-0.4, -0.2) is 32.8 Å². The van der Waals surface area contributed by atoms with E-state index >= 15 is 0 Å². The number of hydrogen-bond donors (Lipinski definition) is 3. The van der Waals surface area contributed by atoms with Crippen LogP contribution in [0.2, 0.25) is 0 Å². The summed E-state index contributed by atoms with van der Waals surface area (Å²) in [6.45, 7) is 3.05. The Morgan fingerprint density at radius 1 is 1.33 bits per heavy atom. The van der Waals surface area contributed by atoms with Gasteiger partial charge in [-0.3, -0.25) is 0 Å². The van der Waals surface area contributed by atoms with Crippen molar-refractivity contribution in [1.82, 2.24) is 14.5 Å². The molecule has 0 radical (unpaired) electrons. The SMILES string of the molecule is C[C@@H]1COc2c([S@@](=N)(=O)NC(=O)Nc3c4c(cc5c3C[C@H](F)C5)CCC4)cnn2C1. The van der Waals surface area contributed by atoms with Crippen molar-refractivity contribution in [2.24, 2.45) is 5.92 Å². The van der Waals surface area contributed by atoms with Gasteiger partial charge >= 0.3 is 6.03 Å². The summed E-state index contributed by atoms with van der Waals surface area (Å²) in [7, 11) is -3.68. The van der Waals surface area contributed by atoms with Crippen molar-refractivity contribution in [2.45, 2.75) is 56.6 Å². The summed E-state index contributed by atoms with van der Waals surface area (Å²) in [6.07, 6.45) is 3.68. The summed E-state index contributed by atoms with van der Waals surface area (Å²) < 4.78 is 44.8. The van der Waals surface area contributed by atoms with E-state index in [4.69, 9.17) is 9.52 Å². The molecule has 0 spiro atoms. The van der Waals surface area contributed by atoms with Gasteiger partial charge in [0.1, 0.15) is 11.1 Å². The van der Waals surface area contributed by atoms with Crippen LogP contribution in [0.4, 0.5) is 14.9 Å². The predicted octanol–water partition coefficient (Wildman–Crippen LogP) is 2.98. The Bertz CT molecular complexity index is 1140. The molecule has 2 amide bonds. The van der Waals surface area contributed by atoms with E-state index in [0.717, 1.165) is 41.5 Å². The molecule has 2 heterocycles. The second kappa shape index (κ2) is 6.97. The van der Waals surface area contributed by atoms with Crippen LogP contribution in [0, 0.1) is 10.7 Å². The molecule has 0 saturated heterocycles. The molecule has 1 aromatic carbocycles. The van der Waals surface area contributed by atoms with Gasteiger partial charge in [-0.05, 0) is 41.5 Å². The number of urea groups is 1. The van der Waals surface area contributed by atoms with Gasteiger partial charge < -0.3 is 10.1 Å². The number of ether oxygens (including phenoxy) is 1. The Balaban J connectivity index is 1.40. The highest BCUT2D eigenvalue weighted by molar-refractivity contribution is 7.91. The van der Waals surface area contributed by atoms with Gasteiger partial charge in [-0.1, -0.05) is 13.0 Å². The average molecular weight is 434 g/mol. The van der Waals surface area contributed by atoms with Gasteiger partial charge in [0.25, 0.3) is 0 Å². The number of carbonyl (C=O) groups is 1. The minimum atomic E-state index is -3.68. The molecule has 0 fully saturated rings. The maximum atomic E-state index is 14.0. The van der Waals surface area contributed by atoms with Crippen LogP contribution in [-0.2, 0) is 42.1 Å². The molecule has 160 valence electrons. The monoisotopic (exact) mass is 433 g/mol. The summed E-state index contributed by atoms with van der Waals surface area (Å²) in [5.41, 5.74) is 4.52. The summed E-state index contributed by atoms with van der Waals surface area (Å²) >= 11 is 0. The summed E-state index contributed by atoms with van der Waals surface area (Å²) in [4.78, 5) is 12.8. The molecule has 30 heavy (non-hydrogen) atoms. The van der Waals surface area contributed by atoms with Crippen molar-refractivity contribution in [3.8, 4) is 5.88 Å². The average Bonchev–Trinajstić information content (AvgIpc) is 3.37. The lowest BCUT2D eigenvalue weighted by Gasteiger charge is -2.22. The number of fused-ring (bicyclic) bond motifs is 3. The van der Waals surface area contributed by atoms with Crippen molar-refractivity contribution in [3.05, 3.63) is 34.5 Å². The Morgan fingerprint density at radius 3 is 3.00 bits per heavy atom. The predicted molar refractivity (Wildman–Crippen MR) is 109 cm³/mol. The zero-order valence-electron chi connectivity index (χ0n) is 16.7. The van der Waals surface area contributed by atoms with E-state index in [0.29, 0.717) is 25.3 Å². The molecule has 8 nitrogen and oxygen atoms in total. The van der Waals surface area contributed by atoms with Crippen LogP contribution in [0.1, 0.15) is 35.6 Å². The molecule has 3 atom stereocenters. The molecule has 1 aromatic heterocycles. The van der Waals surface area contributed by atoms with Crippen LogP contribution >= 0.6 is 0 Å². The normalized spacial score (nSPS) is 23.7. The van der Waals surface area contributed by atoms with Gasteiger partial charge in [-0.15, -0.1) is 0 Å². The molecule has 3 aliphatic rings. The zero-order valence-corrected chi connectivity index (χ0v) is 17.5. The molecule has 10 heteroatoms. The fraction of sp³-hybridized carbons (Fsp3) is 0.500. The molecule has 0 bridgehead atoms. The second-order valence-corrected chi connectivity index (χ2v) is 10.2. The zero-order chi connectivity index (χ0) is 21.0. The highest BCUT2D eigenvalue weighted by atomic mass is 32.2. The van der Waals surface area contributed by atoms with E-state index in [1.807, 2.05) is 6.92 Å². The van der Waals surface area contributed by atoms with Crippen LogP contribution in [0.5, 0.6) is 5.88 Å². The number of hydrogen-bond acceptors (Lipinski definition) is 5. The largest absolute Gasteiger partial charge is 0.477 e. The topological polar surface area (TPSA) is 109 Å². The quantitative estimate of drug-likeness (QED) is 0.691. The maximum absolute atomic E-state index is 14.0. The molecular weight excluding hydrogens is 409 g/mol. The number of amides is 2. The Labute approximate surface area is 174 Å². The van der Waals surface area contributed by atoms with Crippen molar-refractivity contribution in [2.75, 3.05) is 11.9 Å². The number of nitrogens with zero attached hydrogens (tertiary/aromatic N) is 2. The number of halogens is 1. The maximum Gasteiger partial charge on any atom is 0.331 e.